The van der Waals surface area contributed by atoms with Crippen LogP contribution in [0.4, 0.5) is 0 Å². The Morgan fingerprint density at radius 3 is 1.73 bits per heavy atom. The molecule has 0 spiro atoms. The van der Waals surface area contributed by atoms with Crippen molar-refractivity contribution in [3.8, 4) is 0 Å². The first kappa shape index (κ1) is 8.52. The summed E-state index contributed by atoms with van der Waals surface area (Å²) >= 11 is 14.4. The molecule has 64 valence electrons. The monoisotopic (exact) mass is 210 g/mol. The highest BCUT2D eigenvalue weighted by Gasteiger charge is 2.37. The fourth-order valence-electron chi connectivity index (χ4n) is 1.91. The quantitative estimate of drug-likeness (QED) is 0.554. The molecule has 0 nitrogen and oxygen atoms in total. The van der Waals surface area contributed by atoms with Gasteiger partial charge in [-0.2, -0.15) is 11.8 Å². The predicted molar refractivity (Wildman–Crippen MR) is 52.9 cm³/mol. The van der Waals surface area contributed by atoms with E-state index in [0.29, 0.717) is 21.3 Å². The molecule has 2 aliphatic heterocycles. The van der Waals surface area contributed by atoms with Crippen molar-refractivity contribution < 1.29 is 0 Å². The van der Waals surface area contributed by atoms with Gasteiger partial charge in [-0.25, -0.2) is 0 Å². The Hall–Kier alpha value is 0.930. The normalized spacial score (nSPS) is 50.7. The van der Waals surface area contributed by atoms with Crippen molar-refractivity contribution in [2.75, 3.05) is 0 Å². The molecule has 0 aromatic heterocycles. The van der Waals surface area contributed by atoms with Gasteiger partial charge in [-0.15, -0.1) is 23.2 Å². The lowest BCUT2D eigenvalue weighted by Crippen LogP contribution is -2.37. The maximum absolute atomic E-state index is 6.17. The van der Waals surface area contributed by atoms with Crippen molar-refractivity contribution in [3.63, 3.8) is 0 Å². The Kier molecular flexibility index (Phi) is 2.60. The summed E-state index contributed by atoms with van der Waals surface area (Å²) in [5.74, 6) is 0. The van der Waals surface area contributed by atoms with E-state index in [9.17, 15) is 0 Å². The molecule has 2 bridgehead atoms. The molecular weight excluding hydrogens is 199 g/mol. The first-order valence-corrected chi connectivity index (χ1v) is 6.02. The largest absolute Gasteiger partial charge is 0.152 e. The minimum absolute atomic E-state index is 0.417. The van der Waals surface area contributed by atoms with Gasteiger partial charge in [0.2, 0.25) is 0 Å². The van der Waals surface area contributed by atoms with E-state index in [1.54, 1.807) is 0 Å². The summed E-state index contributed by atoms with van der Waals surface area (Å²) in [4.78, 5) is 0. The van der Waals surface area contributed by atoms with Crippen LogP contribution in [0.1, 0.15) is 25.7 Å². The third kappa shape index (κ3) is 1.66. The third-order valence-corrected chi connectivity index (χ3v) is 5.78. The van der Waals surface area contributed by atoms with Crippen molar-refractivity contribution in [2.24, 2.45) is 0 Å². The standard InChI is InChI=1S/C8H12Cl2S/c9-5-1-3-7-6(10)2-4-8(5)11-7/h5-8H,1-4H2/t5-,6+,7+,8-. The zero-order chi connectivity index (χ0) is 7.84. The molecule has 0 aromatic carbocycles. The van der Waals surface area contributed by atoms with Crippen LogP contribution in [0.5, 0.6) is 0 Å². The molecule has 2 saturated heterocycles. The third-order valence-electron chi connectivity index (χ3n) is 2.61. The molecule has 2 aliphatic rings. The van der Waals surface area contributed by atoms with Gasteiger partial charge in [0.15, 0.2) is 0 Å². The molecule has 2 rings (SSSR count). The van der Waals surface area contributed by atoms with Crippen molar-refractivity contribution in [1.82, 2.24) is 0 Å². The van der Waals surface area contributed by atoms with Crippen LogP contribution >= 0.6 is 35.0 Å². The predicted octanol–water partition coefficient (Wildman–Crippen LogP) is 3.26. The van der Waals surface area contributed by atoms with Crippen LogP contribution in [-0.2, 0) is 0 Å². The molecule has 0 aromatic rings. The second-order valence-electron chi connectivity index (χ2n) is 3.40. The van der Waals surface area contributed by atoms with Crippen LogP contribution in [0.15, 0.2) is 0 Å². The van der Waals surface area contributed by atoms with E-state index >= 15 is 0 Å². The van der Waals surface area contributed by atoms with E-state index < -0.39 is 0 Å². The van der Waals surface area contributed by atoms with Crippen LogP contribution in [0.25, 0.3) is 0 Å². The minimum atomic E-state index is 0.417. The highest BCUT2D eigenvalue weighted by Crippen LogP contribution is 2.45. The van der Waals surface area contributed by atoms with Crippen molar-refractivity contribution >= 4 is 35.0 Å². The number of alkyl halides is 2. The molecule has 11 heavy (non-hydrogen) atoms. The lowest BCUT2D eigenvalue weighted by Gasteiger charge is -2.39. The zero-order valence-corrected chi connectivity index (χ0v) is 8.63. The molecule has 0 amide bonds. The first-order chi connectivity index (χ1) is 5.27. The first-order valence-electron chi connectivity index (χ1n) is 4.21. The molecule has 4 atom stereocenters. The van der Waals surface area contributed by atoms with E-state index in [4.69, 9.17) is 23.2 Å². The Morgan fingerprint density at radius 1 is 0.818 bits per heavy atom. The molecule has 0 radical (unpaired) electrons. The van der Waals surface area contributed by atoms with E-state index in [1.165, 1.54) is 25.7 Å². The fourth-order valence-corrected chi connectivity index (χ4v) is 4.38. The lowest BCUT2D eigenvalue weighted by molar-refractivity contribution is 0.501. The van der Waals surface area contributed by atoms with Gasteiger partial charge < -0.3 is 0 Å². The van der Waals surface area contributed by atoms with Crippen LogP contribution in [-0.4, -0.2) is 21.3 Å². The van der Waals surface area contributed by atoms with Gasteiger partial charge in [-0.05, 0) is 25.7 Å². The van der Waals surface area contributed by atoms with Crippen LogP contribution in [0.3, 0.4) is 0 Å². The molecule has 0 N–H and O–H groups in total. The van der Waals surface area contributed by atoms with E-state index in [2.05, 4.69) is 0 Å². The van der Waals surface area contributed by atoms with Crippen molar-refractivity contribution in [2.45, 2.75) is 46.9 Å². The Balaban J connectivity index is 2.02. The Morgan fingerprint density at radius 2 is 1.27 bits per heavy atom. The van der Waals surface area contributed by atoms with Crippen LogP contribution in [0.2, 0.25) is 0 Å². The van der Waals surface area contributed by atoms with Crippen molar-refractivity contribution in [3.05, 3.63) is 0 Å². The molecule has 3 heteroatoms. The second kappa shape index (κ2) is 3.35. The summed E-state index contributed by atoms with van der Waals surface area (Å²) in [5.41, 5.74) is 0. The van der Waals surface area contributed by atoms with E-state index in [1.807, 2.05) is 11.8 Å². The minimum Gasteiger partial charge on any atom is -0.152 e. The molecule has 0 aliphatic carbocycles. The average molecular weight is 211 g/mol. The summed E-state index contributed by atoms with van der Waals surface area (Å²) < 4.78 is 0. The number of hydrogen-bond acceptors (Lipinski definition) is 1. The summed E-state index contributed by atoms with van der Waals surface area (Å²) in [5, 5.41) is 2.23. The van der Waals surface area contributed by atoms with Gasteiger partial charge in [-0.1, -0.05) is 0 Å². The van der Waals surface area contributed by atoms with E-state index in [-0.39, 0.29) is 0 Å². The van der Waals surface area contributed by atoms with Gasteiger partial charge in [0.05, 0.1) is 0 Å². The van der Waals surface area contributed by atoms with Crippen molar-refractivity contribution in [1.29, 1.82) is 0 Å². The number of hydrogen-bond donors (Lipinski definition) is 0. The molecular formula is C8H12Cl2S. The Labute approximate surface area is 82.0 Å². The highest BCUT2D eigenvalue weighted by atomic mass is 35.5. The smallest absolute Gasteiger partial charge is 0.0455 e. The van der Waals surface area contributed by atoms with E-state index in [0.717, 1.165) is 0 Å². The summed E-state index contributed by atoms with van der Waals surface area (Å²) in [6, 6.07) is 0. The molecule has 2 fully saturated rings. The molecule has 0 saturated carbocycles. The summed E-state index contributed by atoms with van der Waals surface area (Å²) in [7, 11) is 0. The second-order valence-corrected chi connectivity index (χ2v) is 6.00. The van der Waals surface area contributed by atoms with Crippen LogP contribution in [0, 0.1) is 0 Å². The number of rotatable bonds is 0. The zero-order valence-electron chi connectivity index (χ0n) is 6.30. The van der Waals surface area contributed by atoms with Gasteiger partial charge in [0.1, 0.15) is 0 Å². The van der Waals surface area contributed by atoms with Gasteiger partial charge in [0.25, 0.3) is 0 Å². The Bertz CT molecular complexity index is 135. The van der Waals surface area contributed by atoms with Gasteiger partial charge >= 0.3 is 0 Å². The number of halogens is 2. The topological polar surface area (TPSA) is 0 Å². The molecule has 2 heterocycles. The molecule has 0 unspecified atom stereocenters. The van der Waals surface area contributed by atoms with Crippen LogP contribution < -0.4 is 0 Å². The maximum Gasteiger partial charge on any atom is 0.0455 e. The summed E-state index contributed by atoms with van der Waals surface area (Å²) in [6.07, 6.45) is 4.80. The van der Waals surface area contributed by atoms with Gasteiger partial charge in [0, 0.05) is 21.3 Å². The number of fused-ring (bicyclic) bond motifs is 2. The SMILES string of the molecule is Cl[C@@H]1CC[C@@H]2S[C@@H]1CC[C@@H]2Cl. The average Bonchev–Trinajstić information content (AvgIpc) is 2.02. The van der Waals surface area contributed by atoms with Gasteiger partial charge in [-0.3, -0.25) is 0 Å². The number of thioether (sulfide) groups is 1. The maximum atomic E-state index is 6.17. The lowest BCUT2D eigenvalue weighted by atomic mass is 9.98. The summed E-state index contributed by atoms with van der Waals surface area (Å²) in [6.45, 7) is 0. The fraction of sp³-hybridized carbons (Fsp3) is 1.00. The highest BCUT2D eigenvalue weighted by molar-refractivity contribution is 8.00.